The van der Waals surface area contributed by atoms with Crippen LogP contribution < -0.4 is 14.8 Å². The van der Waals surface area contributed by atoms with Crippen LogP contribution in [0, 0.1) is 11.8 Å². The van der Waals surface area contributed by atoms with Gasteiger partial charge in [-0.1, -0.05) is 18.1 Å². The Bertz CT molecular complexity index is 1190. The van der Waals surface area contributed by atoms with Crippen molar-refractivity contribution in [1.29, 1.82) is 0 Å². The van der Waals surface area contributed by atoms with E-state index in [4.69, 9.17) is 18.9 Å². The number of nitrogens with zero attached hydrogens (tertiary/aromatic N) is 1. The number of sulfonamides is 1. The lowest BCUT2D eigenvalue weighted by molar-refractivity contribution is -0.145. The number of ether oxygens (including phenoxy) is 4. The number of hydrogen-bond donors (Lipinski definition) is 1. The zero-order valence-electron chi connectivity index (χ0n) is 21.4. The smallest absolute Gasteiger partial charge is 0.407 e. The summed E-state index contributed by atoms with van der Waals surface area (Å²) in [7, 11) is -1.54. The third kappa shape index (κ3) is 8.70. The number of rotatable bonds is 13. The van der Waals surface area contributed by atoms with Gasteiger partial charge < -0.3 is 24.3 Å². The summed E-state index contributed by atoms with van der Waals surface area (Å²) in [6, 6.07) is 11.1. The minimum Gasteiger partial charge on any atom is -0.494 e. The molecule has 10 nitrogen and oxygen atoms in total. The van der Waals surface area contributed by atoms with Gasteiger partial charge in [0.2, 0.25) is 10.0 Å². The molecule has 1 atom stereocenters. The van der Waals surface area contributed by atoms with E-state index in [-0.39, 0.29) is 11.5 Å². The first-order valence-corrected chi connectivity index (χ1v) is 13.0. The van der Waals surface area contributed by atoms with Gasteiger partial charge in [0.25, 0.3) is 0 Å². The summed E-state index contributed by atoms with van der Waals surface area (Å²) in [4.78, 5) is 23.9. The van der Waals surface area contributed by atoms with E-state index in [1.807, 2.05) is 0 Å². The van der Waals surface area contributed by atoms with Gasteiger partial charge in [-0.2, -0.15) is 4.31 Å². The molecule has 1 amide bonds. The highest BCUT2D eigenvalue weighted by molar-refractivity contribution is 7.89. The molecule has 200 valence electrons. The molecule has 0 bridgehead atoms. The fourth-order valence-corrected chi connectivity index (χ4v) is 4.49. The first kappa shape index (κ1) is 29.5. The van der Waals surface area contributed by atoms with Gasteiger partial charge in [0.05, 0.1) is 25.2 Å². The van der Waals surface area contributed by atoms with Crippen molar-refractivity contribution in [2.75, 3.05) is 40.5 Å². The fraction of sp³-hybridized carbons (Fsp3) is 0.385. The molecule has 0 spiro atoms. The van der Waals surface area contributed by atoms with Crippen LogP contribution in [-0.2, 0) is 24.3 Å². The number of benzene rings is 2. The molecule has 2 aromatic rings. The molecule has 0 aliphatic heterocycles. The number of esters is 1. The topological polar surface area (TPSA) is 120 Å². The number of amides is 1. The monoisotopic (exact) mass is 532 g/mol. The quantitative estimate of drug-likeness (QED) is 0.237. The van der Waals surface area contributed by atoms with E-state index in [0.717, 1.165) is 4.31 Å². The third-order valence-electron chi connectivity index (χ3n) is 5.11. The number of likely N-dealkylation sites (N-methyl/N-ethyl adjacent to an activating group) is 1. The van der Waals surface area contributed by atoms with E-state index >= 15 is 0 Å². The lowest BCUT2D eigenvalue weighted by Crippen LogP contribution is -2.36. The average Bonchev–Trinajstić information content (AvgIpc) is 2.90. The van der Waals surface area contributed by atoms with Crippen molar-refractivity contribution in [1.82, 2.24) is 9.62 Å². The maximum atomic E-state index is 13.3. The summed E-state index contributed by atoms with van der Waals surface area (Å²) in [6.45, 7) is 4.64. The van der Waals surface area contributed by atoms with Crippen molar-refractivity contribution in [3.8, 4) is 23.3 Å². The molecule has 11 heteroatoms. The molecule has 0 aromatic heterocycles. The van der Waals surface area contributed by atoms with Crippen molar-refractivity contribution >= 4 is 22.1 Å². The molecule has 2 aromatic carbocycles. The molecule has 37 heavy (non-hydrogen) atoms. The molecule has 1 N–H and O–H groups in total. The zero-order valence-corrected chi connectivity index (χ0v) is 22.2. The van der Waals surface area contributed by atoms with Crippen LogP contribution in [0.15, 0.2) is 53.4 Å². The minimum absolute atomic E-state index is 0.00536. The molecule has 0 aliphatic rings. The van der Waals surface area contributed by atoms with Crippen LogP contribution in [0.1, 0.15) is 31.9 Å². The second-order valence-electron chi connectivity index (χ2n) is 7.55. The fourth-order valence-electron chi connectivity index (χ4n) is 3.19. The van der Waals surface area contributed by atoms with Crippen LogP contribution >= 0.6 is 0 Å². The second-order valence-corrected chi connectivity index (χ2v) is 9.55. The van der Waals surface area contributed by atoms with Gasteiger partial charge >= 0.3 is 12.1 Å². The van der Waals surface area contributed by atoms with Crippen LogP contribution in [-0.4, -0.2) is 65.3 Å². The Hall–Kier alpha value is -3.75. The Kier molecular flexibility index (Phi) is 11.7. The van der Waals surface area contributed by atoms with E-state index in [0.29, 0.717) is 43.2 Å². The highest BCUT2D eigenvalue weighted by Crippen LogP contribution is 2.29. The molecule has 0 fully saturated rings. The molecule has 0 heterocycles. The maximum Gasteiger partial charge on any atom is 0.407 e. The number of alkyl carbamates (subject to hydrolysis) is 1. The average molecular weight is 533 g/mol. The first-order valence-electron chi connectivity index (χ1n) is 11.6. The SMILES string of the molecule is CC#CCOc1ccc(S(=O)(=O)N(C)C(C(=O)OC)c2ccc(OCCCNC(=O)OCC)cc2)cc1. The predicted molar refractivity (Wildman–Crippen MR) is 137 cm³/mol. The predicted octanol–water partition coefficient (Wildman–Crippen LogP) is 3.14. The highest BCUT2D eigenvalue weighted by atomic mass is 32.2. The number of hydrogen-bond acceptors (Lipinski definition) is 8. The van der Waals surface area contributed by atoms with Gasteiger partial charge in [0, 0.05) is 13.6 Å². The minimum atomic E-state index is -4.05. The molecule has 0 saturated carbocycles. The number of methoxy groups -OCH3 is 1. The van der Waals surface area contributed by atoms with Crippen molar-refractivity contribution in [2.45, 2.75) is 31.2 Å². The summed E-state index contributed by atoms with van der Waals surface area (Å²) in [5.74, 6) is 5.74. The van der Waals surface area contributed by atoms with Crippen molar-refractivity contribution in [3.63, 3.8) is 0 Å². The van der Waals surface area contributed by atoms with Crippen molar-refractivity contribution < 1.29 is 37.0 Å². The summed E-state index contributed by atoms with van der Waals surface area (Å²) in [5, 5.41) is 2.60. The van der Waals surface area contributed by atoms with Crippen LogP contribution in [0.2, 0.25) is 0 Å². The van der Waals surface area contributed by atoms with Gasteiger partial charge in [-0.25, -0.2) is 18.0 Å². The molecule has 1 unspecified atom stereocenters. The molecular formula is C26H32N2O8S. The van der Waals surface area contributed by atoms with Crippen molar-refractivity contribution in [3.05, 3.63) is 54.1 Å². The van der Waals surface area contributed by atoms with Gasteiger partial charge in [0.15, 0.2) is 0 Å². The van der Waals surface area contributed by atoms with E-state index < -0.39 is 28.1 Å². The zero-order chi connectivity index (χ0) is 27.3. The molecule has 2 rings (SSSR count). The summed E-state index contributed by atoms with van der Waals surface area (Å²) in [6.07, 6.45) is 0.0770. The lowest BCUT2D eigenvalue weighted by atomic mass is 10.1. The Morgan fingerprint density at radius 1 is 1.03 bits per heavy atom. The number of carbonyl (C=O) groups is 2. The Labute approximate surface area is 217 Å². The van der Waals surface area contributed by atoms with Gasteiger partial charge in [0.1, 0.15) is 24.1 Å². The Balaban J connectivity index is 2.09. The number of nitrogens with one attached hydrogen (secondary N) is 1. The van der Waals surface area contributed by atoms with E-state index in [1.54, 1.807) is 38.1 Å². The maximum absolute atomic E-state index is 13.3. The van der Waals surface area contributed by atoms with Crippen LogP contribution in [0.5, 0.6) is 11.5 Å². The van der Waals surface area contributed by atoms with Gasteiger partial charge in [-0.15, -0.1) is 5.92 Å². The normalized spacial score (nSPS) is 11.6. The molecular weight excluding hydrogens is 500 g/mol. The number of carbonyl (C=O) groups excluding carboxylic acids is 2. The third-order valence-corrected chi connectivity index (χ3v) is 6.94. The molecule has 0 aliphatic carbocycles. The Morgan fingerprint density at radius 3 is 2.24 bits per heavy atom. The largest absolute Gasteiger partial charge is 0.494 e. The van der Waals surface area contributed by atoms with Crippen LogP contribution in [0.25, 0.3) is 0 Å². The molecule has 0 radical (unpaired) electrons. The standard InChI is InChI=1S/C26H32N2O8S/c1-5-7-18-35-22-13-15-23(16-14-22)37(31,32)28(3)24(25(29)33-4)20-9-11-21(12-10-20)36-19-8-17-27-26(30)34-6-2/h9-16,24H,6,8,17-19H2,1-4H3,(H,27,30). The summed E-state index contributed by atoms with van der Waals surface area (Å²) in [5.41, 5.74) is 0.410. The first-order chi connectivity index (χ1) is 17.7. The lowest BCUT2D eigenvalue weighted by Gasteiger charge is -2.26. The van der Waals surface area contributed by atoms with E-state index in [1.165, 1.54) is 38.4 Å². The van der Waals surface area contributed by atoms with Gasteiger partial charge in [-0.05, 0) is 62.2 Å². The molecule has 0 saturated heterocycles. The summed E-state index contributed by atoms with van der Waals surface area (Å²) < 4.78 is 48.3. The summed E-state index contributed by atoms with van der Waals surface area (Å²) >= 11 is 0. The van der Waals surface area contributed by atoms with E-state index in [9.17, 15) is 18.0 Å². The van der Waals surface area contributed by atoms with Crippen LogP contribution in [0.3, 0.4) is 0 Å². The van der Waals surface area contributed by atoms with Crippen molar-refractivity contribution in [2.24, 2.45) is 0 Å². The Morgan fingerprint density at radius 2 is 1.65 bits per heavy atom. The van der Waals surface area contributed by atoms with Crippen LogP contribution in [0.4, 0.5) is 4.79 Å². The van der Waals surface area contributed by atoms with Gasteiger partial charge in [-0.3, -0.25) is 0 Å². The highest BCUT2D eigenvalue weighted by Gasteiger charge is 2.35. The second kappa shape index (κ2) is 14.7. The van der Waals surface area contributed by atoms with E-state index in [2.05, 4.69) is 17.2 Å².